The van der Waals surface area contributed by atoms with Gasteiger partial charge in [0, 0.05) is 12.1 Å². The Morgan fingerprint density at radius 3 is 2.06 bits per heavy atom. The van der Waals surface area contributed by atoms with E-state index in [0.29, 0.717) is 6.54 Å². The van der Waals surface area contributed by atoms with E-state index in [-0.39, 0.29) is 17.9 Å². The van der Waals surface area contributed by atoms with Crippen LogP contribution >= 0.6 is 12.4 Å². The smallest absolute Gasteiger partial charge is 0.407 e. The second kappa shape index (κ2) is 8.65. The number of nitrogens with two attached hydrogens (primary N) is 1. The van der Waals surface area contributed by atoms with Crippen LogP contribution in [0.5, 0.6) is 0 Å². The molecule has 98 valence electrons. The summed E-state index contributed by atoms with van der Waals surface area (Å²) in [5.74, 6) is 0. The molecule has 0 unspecified atom stereocenters. The quantitative estimate of drug-likeness (QED) is 0.715. The third-order valence-corrected chi connectivity index (χ3v) is 2.38. The topological polar surface area (TPSA) is 66.6 Å². The predicted octanol–water partition coefficient (Wildman–Crippen LogP) is 2.71. The van der Waals surface area contributed by atoms with E-state index in [1.807, 2.05) is 20.8 Å². The lowest BCUT2D eigenvalue weighted by molar-refractivity contribution is 0.0990. The normalized spacial score (nSPS) is 10.8. The Morgan fingerprint density at radius 2 is 1.69 bits per heavy atom. The highest BCUT2D eigenvalue weighted by Crippen LogP contribution is 2.14. The zero-order valence-electron chi connectivity index (χ0n) is 10.5. The molecule has 16 heavy (non-hydrogen) atoms. The average Bonchev–Trinajstić information content (AvgIpc) is 2.08. The van der Waals surface area contributed by atoms with Gasteiger partial charge in [0.2, 0.25) is 0 Å². The van der Waals surface area contributed by atoms with Crippen LogP contribution in [0.15, 0.2) is 0 Å². The molecule has 0 rings (SSSR count). The predicted molar refractivity (Wildman–Crippen MR) is 69.3 cm³/mol. The number of halogens is 1. The summed E-state index contributed by atoms with van der Waals surface area (Å²) in [6, 6.07) is 0. The van der Waals surface area contributed by atoms with Gasteiger partial charge in [-0.05, 0) is 40.2 Å². The van der Waals surface area contributed by atoms with E-state index in [2.05, 4.69) is 0 Å². The summed E-state index contributed by atoms with van der Waals surface area (Å²) in [5.41, 5.74) is 5.08. The summed E-state index contributed by atoms with van der Waals surface area (Å²) >= 11 is 0. The van der Waals surface area contributed by atoms with Gasteiger partial charge < -0.3 is 15.7 Å². The molecule has 0 saturated carbocycles. The summed E-state index contributed by atoms with van der Waals surface area (Å²) in [6.07, 6.45) is 3.26. The van der Waals surface area contributed by atoms with E-state index >= 15 is 0 Å². The molecule has 0 aliphatic rings. The number of nitrogens with zero attached hydrogens (tertiary/aromatic N) is 1. The van der Waals surface area contributed by atoms with Gasteiger partial charge in [-0.2, -0.15) is 0 Å². The molecule has 0 bridgehead atoms. The maximum atomic E-state index is 11.0. The number of amides is 1. The van der Waals surface area contributed by atoms with Gasteiger partial charge in [0.15, 0.2) is 0 Å². The van der Waals surface area contributed by atoms with Gasteiger partial charge in [0.1, 0.15) is 0 Å². The van der Waals surface area contributed by atoms with Crippen molar-refractivity contribution in [1.82, 2.24) is 4.90 Å². The van der Waals surface area contributed by atoms with Crippen molar-refractivity contribution in [3.63, 3.8) is 0 Å². The lowest BCUT2D eigenvalue weighted by atomic mass is 10.1. The number of rotatable bonds is 6. The van der Waals surface area contributed by atoms with E-state index in [0.717, 1.165) is 32.2 Å². The molecule has 0 fully saturated rings. The van der Waals surface area contributed by atoms with Crippen LogP contribution in [0.1, 0.15) is 46.5 Å². The molecule has 0 atom stereocenters. The minimum absolute atomic E-state index is 0. The molecule has 0 radical (unpaired) electrons. The molecule has 0 aliphatic carbocycles. The number of hydrogen-bond donors (Lipinski definition) is 2. The zero-order chi connectivity index (χ0) is 11.9. The van der Waals surface area contributed by atoms with Crippen molar-refractivity contribution >= 4 is 18.5 Å². The summed E-state index contributed by atoms with van der Waals surface area (Å²) in [5, 5.41) is 9.02. The van der Waals surface area contributed by atoms with Crippen molar-refractivity contribution in [2.45, 2.75) is 52.0 Å². The second-order valence-corrected chi connectivity index (χ2v) is 4.81. The van der Waals surface area contributed by atoms with Crippen molar-refractivity contribution in [2.75, 3.05) is 13.1 Å². The molecule has 0 aromatic heterocycles. The molecule has 5 heteroatoms. The highest BCUT2D eigenvalue weighted by molar-refractivity contribution is 5.85. The van der Waals surface area contributed by atoms with Gasteiger partial charge in [0.25, 0.3) is 0 Å². The third kappa shape index (κ3) is 7.77. The maximum Gasteiger partial charge on any atom is 0.407 e. The number of hydrogen-bond acceptors (Lipinski definition) is 2. The zero-order valence-corrected chi connectivity index (χ0v) is 11.3. The first-order valence-electron chi connectivity index (χ1n) is 5.60. The van der Waals surface area contributed by atoms with Crippen LogP contribution in [0.25, 0.3) is 0 Å². The Hall–Kier alpha value is -0.480. The van der Waals surface area contributed by atoms with Crippen molar-refractivity contribution in [2.24, 2.45) is 5.73 Å². The van der Waals surface area contributed by atoms with E-state index in [4.69, 9.17) is 10.8 Å². The Balaban J connectivity index is 0. The van der Waals surface area contributed by atoms with Gasteiger partial charge >= 0.3 is 6.09 Å². The fourth-order valence-corrected chi connectivity index (χ4v) is 1.49. The SMILES string of the molecule is CC(C)(C)N(CCCCCCN)C(=O)O.Cl. The molecular formula is C11H25ClN2O2. The van der Waals surface area contributed by atoms with E-state index < -0.39 is 6.09 Å². The summed E-state index contributed by atoms with van der Waals surface area (Å²) < 4.78 is 0. The lowest BCUT2D eigenvalue weighted by Gasteiger charge is -2.33. The highest BCUT2D eigenvalue weighted by atomic mass is 35.5. The molecule has 3 N–H and O–H groups in total. The molecule has 0 aliphatic heterocycles. The Bertz CT molecular complexity index is 193. The molecule has 1 amide bonds. The van der Waals surface area contributed by atoms with Crippen LogP contribution in [0.4, 0.5) is 4.79 Å². The first-order valence-corrected chi connectivity index (χ1v) is 5.60. The number of carboxylic acid groups (broad SMARTS) is 1. The van der Waals surface area contributed by atoms with Gasteiger partial charge in [-0.15, -0.1) is 12.4 Å². The van der Waals surface area contributed by atoms with Gasteiger partial charge in [-0.25, -0.2) is 4.79 Å². The van der Waals surface area contributed by atoms with E-state index in [9.17, 15) is 4.79 Å². The minimum atomic E-state index is -0.832. The van der Waals surface area contributed by atoms with Crippen LogP contribution in [0, 0.1) is 0 Å². The van der Waals surface area contributed by atoms with Crippen molar-refractivity contribution < 1.29 is 9.90 Å². The van der Waals surface area contributed by atoms with Crippen LogP contribution in [-0.4, -0.2) is 34.7 Å². The summed E-state index contributed by atoms with van der Waals surface area (Å²) in [6.45, 7) is 7.09. The fourth-order valence-electron chi connectivity index (χ4n) is 1.49. The summed E-state index contributed by atoms with van der Waals surface area (Å²) in [7, 11) is 0. The first-order chi connectivity index (χ1) is 6.89. The van der Waals surface area contributed by atoms with Crippen molar-refractivity contribution in [3.8, 4) is 0 Å². The minimum Gasteiger partial charge on any atom is -0.465 e. The summed E-state index contributed by atoms with van der Waals surface area (Å²) in [4.78, 5) is 12.5. The van der Waals surface area contributed by atoms with Crippen LogP contribution in [0.3, 0.4) is 0 Å². The van der Waals surface area contributed by atoms with E-state index in [1.54, 1.807) is 0 Å². The Morgan fingerprint density at radius 1 is 1.19 bits per heavy atom. The molecule has 0 saturated heterocycles. The van der Waals surface area contributed by atoms with Gasteiger partial charge in [-0.1, -0.05) is 12.8 Å². The number of unbranched alkanes of at least 4 members (excludes halogenated alkanes) is 3. The van der Waals surface area contributed by atoms with Gasteiger partial charge in [0.05, 0.1) is 0 Å². The first kappa shape index (κ1) is 17.9. The molecule has 0 spiro atoms. The molecule has 0 heterocycles. The Labute approximate surface area is 105 Å². The molecule has 0 aromatic carbocycles. The molecule has 0 aromatic rings. The Kier molecular flexibility index (Phi) is 9.67. The average molecular weight is 253 g/mol. The third-order valence-electron chi connectivity index (χ3n) is 2.38. The largest absolute Gasteiger partial charge is 0.465 e. The lowest BCUT2D eigenvalue weighted by Crippen LogP contribution is -2.45. The van der Waals surface area contributed by atoms with E-state index in [1.165, 1.54) is 4.90 Å². The van der Waals surface area contributed by atoms with Crippen LogP contribution < -0.4 is 5.73 Å². The number of carbonyl (C=O) groups is 1. The van der Waals surface area contributed by atoms with Crippen molar-refractivity contribution in [1.29, 1.82) is 0 Å². The molecular weight excluding hydrogens is 228 g/mol. The second-order valence-electron chi connectivity index (χ2n) is 4.81. The highest BCUT2D eigenvalue weighted by Gasteiger charge is 2.24. The van der Waals surface area contributed by atoms with Crippen LogP contribution in [-0.2, 0) is 0 Å². The van der Waals surface area contributed by atoms with Crippen LogP contribution in [0.2, 0.25) is 0 Å². The van der Waals surface area contributed by atoms with Crippen molar-refractivity contribution in [3.05, 3.63) is 0 Å². The fraction of sp³-hybridized carbons (Fsp3) is 0.909. The monoisotopic (exact) mass is 252 g/mol. The standard InChI is InChI=1S/C11H24N2O2.ClH/c1-11(2,3)13(10(14)15)9-7-5-4-6-8-12;/h4-9,12H2,1-3H3,(H,14,15);1H. The molecule has 4 nitrogen and oxygen atoms in total. The van der Waals surface area contributed by atoms with Gasteiger partial charge in [-0.3, -0.25) is 0 Å². The maximum absolute atomic E-state index is 11.0.